The van der Waals surface area contributed by atoms with E-state index in [4.69, 9.17) is 4.74 Å². The average Bonchev–Trinajstić information content (AvgIpc) is 2.45. The lowest BCUT2D eigenvalue weighted by Crippen LogP contribution is -2.23. The average molecular weight is 445 g/mol. The van der Waals surface area contributed by atoms with Crippen LogP contribution in [0.4, 0.5) is 0 Å². The van der Waals surface area contributed by atoms with E-state index in [1.54, 1.807) is 0 Å². The summed E-state index contributed by atoms with van der Waals surface area (Å²) in [6.45, 7) is 2.34. The van der Waals surface area contributed by atoms with Crippen molar-refractivity contribution in [3.05, 3.63) is 38.4 Å². The lowest BCUT2D eigenvalue weighted by Gasteiger charge is -2.27. The van der Waals surface area contributed by atoms with Gasteiger partial charge in [0.1, 0.15) is 5.75 Å². The zero-order valence-corrected chi connectivity index (χ0v) is 15.3. The van der Waals surface area contributed by atoms with Gasteiger partial charge in [-0.1, -0.05) is 35.0 Å². The van der Waals surface area contributed by atoms with Gasteiger partial charge in [-0.25, -0.2) is 0 Å². The summed E-state index contributed by atoms with van der Waals surface area (Å²) in [5.41, 5.74) is 0. The summed E-state index contributed by atoms with van der Waals surface area (Å²) in [5, 5.41) is 2.53. The van der Waals surface area contributed by atoms with Gasteiger partial charge in [-0.15, -0.1) is 0 Å². The van der Waals surface area contributed by atoms with Gasteiger partial charge >= 0.3 is 0 Å². The second-order valence-corrected chi connectivity index (χ2v) is 7.74. The van der Waals surface area contributed by atoms with Crippen molar-refractivity contribution in [2.75, 3.05) is 0 Å². The molecule has 1 saturated carbocycles. The number of hydrogen-bond donors (Lipinski definition) is 0. The summed E-state index contributed by atoms with van der Waals surface area (Å²) in [6, 6.07) is 10.7. The van der Waals surface area contributed by atoms with Gasteiger partial charge < -0.3 is 4.74 Å². The number of fused-ring (bicyclic) bond motifs is 1. The molecule has 1 nitrogen and oxygen atoms in total. The first-order valence-electron chi connectivity index (χ1n) is 7.18. The number of halogens is 2. The maximum absolute atomic E-state index is 6.26. The molecule has 0 bridgehead atoms. The van der Waals surface area contributed by atoms with Crippen LogP contribution in [-0.4, -0.2) is 6.10 Å². The second kappa shape index (κ2) is 6.22. The largest absolute Gasteiger partial charge is 0.489 e. The maximum atomic E-state index is 6.26. The summed E-state index contributed by atoms with van der Waals surface area (Å²) < 4.78 is 8.60. The Morgan fingerprint density at radius 1 is 1.10 bits per heavy atom. The molecule has 2 aromatic carbocycles. The van der Waals surface area contributed by atoms with Crippen LogP contribution in [0.3, 0.4) is 0 Å². The molecular weight excluding hydrogens is 427 g/mol. The predicted molar refractivity (Wildman–Crippen MR) is 96.4 cm³/mol. The summed E-state index contributed by atoms with van der Waals surface area (Å²) in [6.07, 6.45) is 5.35. The molecule has 0 heterocycles. The van der Waals surface area contributed by atoms with Crippen LogP contribution in [0.5, 0.6) is 5.75 Å². The van der Waals surface area contributed by atoms with Crippen molar-refractivity contribution >= 4 is 49.3 Å². The van der Waals surface area contributed by atoms with E-state index in [-0.39, 0.29) is 0 Å². The van der Waals surface area contributed by atoms with Gasteiger partial charge in [0.15, 0.2) is 0 Å². The third-order valence-corrected chi connectivity index (χ3v) is 5.74. The Balaban J connectivity index is 1.86. The summed E-state index contributed by atoms with van der Waals surface area (Å²) >= 11 is 5.96. The Morgan fingerprint density at radius 2 is 1.80 bits per heavy atom. The quantitative estimate of drug-likeness (QED) is 0.503. The van der Waals surface area contributed by atoms with Crippen LogP contribution >= 0.6 is 38.5 Å². The van der Waals surface area contributed by atoms with Gasteiger partial charge in [0.2, 0.25) is 0 Å². The van der Waals surface area contributed by atoms with Gasteiger partial charge in [-0.2, -0.15) is 0 Å². The van der Waals surface area contributed by atoms with Gasteiger partial charge in [0.25, 0.3) is 0 Å². The van der Waals surface area contributed by atoms with Gasteiger partial charge in [-0.05, 0) is 83.2 Å². The lowest BCUT2D eigenvalue weighted by atomic mass is 9.89. The molecule has 106 valence electrons. The molecule has 0 radical (unpaired) electrons. The Hall–Kier alpha value is -0.290. The highest BCUT2D eigenvalue weighted by Crippen LogP contribution is 2.34. The SMILES string of the molecule is C[C@H]1CC[C@@H](Oc2ccc3ccc(Br)cc3c2I)CC1. The third-order valence-electron chi connectivity index (χ3n) is 4.14. The van der Waals surface area contributed by atoms with Gasteiger partial charge in [-0.3, -0.25) is 0 Å². The molecule has 3 heteroatoms. The fraction of sp³-hybridized carbons (Fsp3) is 0.412. The van der Waals surface area contributed by atoms with Crippen molar-refractivity contribution < 1.29 is 4.74 Å². The topological polar surface area (TPSA) is 9.23 Å². The van der Waals surface area contributed by atoms with Crippen LogP contribution in [0.2, 0.25) is 0 Å². The first-order valence-corrected chi connectivity index (χ1v) is 9.05. The van der Waals surface area contributed by atoms with Gasteiger partial charge in [0.05, 0.1) is 9.67 Å². The van der Waals surface area contributed by atoms with Crippen LogP contribution in [-0.2, 0) is 0 Å². The Kier molecular flexibility index (Phi) is 4.55. The van der Waals surface area contributed by atoms with E-state index < -0.39 is 0 Å². The monoisotopic (exact) mass is 444 g/mol. The molecule has 1 aliphatic rings. The van der Waals surface area contributed by atoms with Crippen molar-refractivity contribution in [2.24, 2.45) is 5.92 Å². The normalized spacial score (nSPS) is 22.9. The minimum Gasteiger partial charge on any atom is -0.489 e. The van der Waals surface area contributed by atoms with Gasteiger partial charge in [0, 0.05) is 4.47 Å². The molecular formula is C17H18BrIO. The van der Waals surface area contributed by atoms with Crippen LogP contribution in [0, 0.1) is 9.49 Å². The lowest BCUT2D eigenvalue weighted by molar-refractivity contribution is 0.135. The fourth-order valence-electron chi connectivity index (χ4n) is 2.85. The van der Waals surface area contributed by atoms with Crippen molar-refractivity contribution in [3.8, 4) is 5.75 Å². The molecule has 1 aliphatic carbocycles. The summed E-state index contributed by atoms with van der Waals surface area (Å²) in [4.78, 5) is 0. The molecule has 2 aromatic rings. The van der Waals surface area contributed by atoms with E-state index >= 15 is 0 Å². The molecule has 1 fully saturated rings. The van der Waals surface area contributed by atoms with E-state index in [0.717, 1.165) is 16.1 Å². The van der Waals surface area contributed by atoms with Crippen molar-refractivity contribution in [2.45, 2.75) is 38.7 Å². The smallest absolute Gasteiger partial charge is 0.133 e. The molecule has 3 rings (SSSR count). The highest BCUT2D eigenvalue weighted by atomic mass is 127. The standard InChI is InChI=1S/C17H18BrIO/c1-11-2-7-14(8-3-11)20-16-9-5-12-4-6-13(18)10-15(12)17(16)19/h4-6,9-11,14H,2-3,7-8H2,1H3/t11-,14+. The first-order chi connectivity index (χ1) is 9.63. The molecule has 0 aliphatic heterocycles. The fourth-order valence-corrected chi connectivity index (χ4v) is 3.99. The molecule has 0 unspecified atom stereocenters. The van der Waals surface area contributed by atoms with Crippen LogP contribution in [0.25, 0.3) is 10.8 Å². The Bertz CT molecular complexity index is 618. The van der Waals surface area contributed by atoms with Crippen LogP contribution < -0.4 is 4.74 Å². The molecule has 0 aromatic heterocycles. The minimum atomic E-state index is 0.393. The zero-order chi connectivity index (χ0) is 14.1. The molecule has 0 N–H and O–H groups in total. The highest BCUT2D eigenvalue weighted by molar-refractivity contribution is 14.1. The molecule has 0 atom stereocenters. The van der Waals surface area contributed by atoms with Crippen molar-refractivity contribution in [1.82, 2.24) is 0 Å². The second-order valence-electron chi connectivity index (χ2n) is 5.74. The molecule has 0 saturated heterocycles. The van der Waals surface area contributed by atoms with Crippen molar-refractivity contribution in [3.63, 3.8) is 0 Å². The summed E-state index contributed by atoms with van der Waals surface area (Å²) in [5.74, 6) is 1.90. The number of hydrogen-bond acceptors (Lipinski definition) is 1. The van der Waals surface area contributed by atoms with Crippen LogP contribution in [0.15, 0.2) is 34.8 Å². The Labute approximate surface area is 142 Å². The number of ether oxygens (including phenoxy) is 1. The van der Waals surface area contributed by atoms with E-state index in [2.05, 4.69) is 75.8 Å². The number of benzene rings is 2. The summed E-state index contributed by atoms with van der Waals surface area (Å²) in [7, 11) is 0. The van der Waals surface area contributed by atoms with E-state index in [9.17, 15) is 0 Å². The number of rotatable bonds is 2. The highest BCUT2D eigenvalue weighted by Gasteiger charge is 2.20. The maximum Gasteiger partial charge on any atom is 0.133 e. The zero-order valence-electron chi connectivity index (χ0n) is 11.5. The molecule has 20 heavy (non-hydrogen) atoms. The molecule has 0 amide bonds. The third kappa shape index (κ3) is 3.14. The van der Waals surface area contributed by atoms with E-state index in [0.29, 0.717) is 6.10 Å². The Morgan fingerprint density at radius 3 is 2.55 bits per heavy atom. The van der Waals surface area contributed by atoms with Crippen LogP contribution in [0.1, 0.15) is 32.6 Å². The van der Waals surface area contributed by atoms with E-state index in [1.165, 1.54) is 40.0 Å². The predicted octanol–water partition coefficient (Wildman–Crippen LogP) is 6.16. The molecule has 0 spiro atoms. The minimum absolute atomic E-state index is 0.393. The first kappa shape index (κ1) is 14.6. The van der Waals surface area contributed by atoms with E-state index in [1.807, 2.05) is 0 Å². The van der Waals surface area contributed by atoms with Crippen molar-refractivity contribution in [1.29, 1.82) is 0 Å².